The molecule has 0 aliphatic rings. The predicted octanol–water partition coefficient (Wildman–Crippen LogP) is 5.54. The lowest BCUT2D eigenvalue weighted by atomic mass is 10.0. The van der Waals surface area contributed by atoms with E-state index < -0.39 is 17.4 Å². The van der Waals surface area contributed by atoms with Crippen LogP contribution in [-0.2, 0) is 6.18 Å². The van der Waals surface area contributed by atoms with Crippen LogP contribution in [-0.4, -0.2) is 19.6 Å². The summed E-state index contributed by atoms with van der Waals surface area (Å²) in [5.41, 5.74) is 1.38. The van der Waals surface area contributed by atoms with Crippen LogP contribution in [0.15, 0.2) is 65.6 Å². The Morgan fingerprint density at radius 1 is 0.938 bits per heavy atom. The Balaban J connectivity index is 1.82. The smallest absolute Gasteiger partial charge is 0.343 e. The number of rotatable bonds is 2. The Hall–Kier alpha value is -3.94. The molecule has 0 fully saturated rings. The van der Waals surface area contributed by atoms with Crippen LogP contribution in [0.4, 0.5) is 13.2 Å². The Bertz CT molecular complexity index is 1550. The third-order valence-corrected chi connectivity index (χ3v) is 5.43. The van der Waals surface area contributed by atoms with E-state index in [0.717, 1.165) is 21.0 Å². The number of aromatic amines is 1. The van der Waals surface area contributed by atoms with E-state index in [1.165, 1.54) is 0 Å². The Labute approximate surface area is 180 Å². The van der Waals surface area contributed by atoms with Gasteiger partial charge in [-0.2, -0.15) is 22.8 Å². The molecule has 5 aromatic rings. The molecule has 0 unspecified atom stereocenters. The third kappa shape index (κ3) is 3.15. The van der Waals surface area contributed by atoms with Crippen LogP contribution in [0.25, 0.3) is 38.8 Å². The van der Waals surface area contributed by atoms with E-state index in [1.807, 2.05) is 31.2 Å². The van der Waals surface area contributed by atoms with Gasteiger partial charge < -0.3 is 4.98 Å². The predicted molar refractivity (Wildman–Crippen MR) is 116 cm³/mol. The van der Waals surface area contributed by atoms with Gasteiger partial charge in [0.05, 0.1) is 16.6 Å². The van der Waals surface area contributed by atoms with Crippen molar-refractivity contribution in [2.75, 3.05) is 0 Å². The number of H-pyrrole nitrogens is 1. The molecule has 160 valence electrons. The number of hydrogen-bond donors (Lipinski definition) is 1. The molecule has 5 nitrogen and oxygen atoms in total. The maximum Gasteiger partial charge on any atom is 0.435 e. The zero-order chi connectivity index (χ0) is 22.6. The highest BCUT2D eigenvalue weighted by molar-refractivity contribution is 5.85. The highest BCUT2D eigenvalue weighted by atomic mass is 19.4. The summed E-state index contributed by atoms with van der Waals surface area (Å²) >= 11 is 0. The van der Waals surface area contributed by atoms with Crippen molar-refractivity contribution >= 4 is 16.6 Å². The Morgan fingerprint density at radius 2 is 1.69 bits per heavy atom. The highest BCUT2D eigenvalue weighted by Crippen LogP contribution is 2.38. The lowest BCUT2D eigenvalue weighted by Crippen LogP contribution is -2.19. The summed E-state index contributed by atoms with van der Waals surface area (Å²) in [6, 6.07) is 15.7. The van der Waals surface area contributed by atoms with Crippen LogP contribution in [0.1, 0.15) is 17.0 Å². The molecule has 1 N–H and O–H groups in total. The van der Waals surface area contributed by atoms with E-state index in [4.69, 9.17) is 0 Å². The summed E-state index contributed by atoms with van der Waals surface area (Å²) in [6.07, 6.45) is -3.18. The summed E-state index contributed by atoms with van der Waals surface area (Å²) in [5, 5.41) is 4.53. The van der Waals surface area contributed by atoms with E-state index in [1.54, 1.807) is 43.5 Å². The van der Waals surface area contributed by atoms with E-state index in [2.05, 4.69) is 15.1 Å². The van der Waals surface area contributed by atoms with Crippen LogP contribution < -0.4 is 5.56 Å². The van der Waals surface area contributed by atoms with Gasteiger partial charge in [0.1, 0.15) is 5.65 Å². The van der Waals surface area contributed by atoms with Gasteiger partial charge in [-0.3, -0.25) is 9.78 Å². The fraction of sp³-hybridized carbons (Fsp3) is 0.125. The van der Waals surface area contributed by atoms with Crippen molar-refractivity contribution in [2.45, 2.75) is 20.0 Å². The van der Waals surface area contributed by atoms with Crippen LogP contribution >= 0.6 is 0 Å². The molecule has 5 rings (SSSR count). The molecule has 2 aromatic carbocycles. The fourth-order valence-corrected chi connectivity index (χ4v) is 3.99. The average molecular weight is 434 g/mol. The third-order valence-electron chi connectivity index (χ3n) is 5.43. The molecule has 0 spiro atoms. The first-order chi connectivity index (χ1) is 15.2. The standard InChI is InChI=1S/C24H17F3N4O/c1-13-8-9-18-16(10-13)11-17(12-28-18)19-14(2)29-22-20(15-6-4-3-5-7-15)21(24(25,26)27)30-31(22)23(19)32/h3-12,29H,1-2H3. The molecule has 0 bridgehead atoms. The number of halogens is 3. The normalized spacial score (nSPS) is 12.0. The quantitative estimate of drug-likeness (QED) is 0.397. The maximum atomic E-state index is 13.8. The van der Waals surface area contributed by atoms with Crippen LogP contribution in [0.3, 0.4) is 0 Å². The lowest BCUT2D eigenvalue weighted by Gasteiger charge is -2.09. The number of alkyl halides is 3. The Morgan fingerprint density at radius 3 is 2.41 bits per heavy atom. The molecule has 0 atom stereocenters. The number of nitrogens with one attached hydrogen (secondary N) is 1. The Kier molecular flexibility index (Phi) is 4.40. The molecule has 3 heterocycles. The fourth-order valence-electron chi connectivity index (χ4n) is 3.99. The van der Waals surface area contributed by atoms with Gasteiger partial charge in [0, 0.05) is 22.8 Å². The molecule has 0 aliphatic heterocycles. The molecular weight excluding hydrogens is 417 g/mol. The first-order valence-electron chi connectivity index (χ1n) is 9.89. The molecule has 0 saturated carbocycles. The molecule has 0 radical (unpaired) electrons. The second kappa shape index (κ2) is 7.05. The van der Waals surface area contributed by atoms with E-state index >= 15 is 0 Å². The minimum absolute atomic E-state index is 0.000585. The van der Waals surface area contributed by atoms with E-state index in [0.29, 0.717) is 16.8 Å². The molecular formula is C24H17F3N4O. The zero-order valence-electron chi connectivity index (χ0n) is 17.2. The SMILES string of the molecule is Cc1ccc2ncc(-c3c(C)[nH]c4c(-c5ccccc5)c(C(F)(F)F)nn4c3=O)cc2c1. The van der Waals surface area contributed by atoms with Crippen molar-refractivity contribution in [2.24, 2.45) is 0 Å². The molecule has 32 heavy (non-hydrogen) atoms. The minimum atomic E-state index is -4.73. The monoisotopic (exact) mass is 434 g/mol. The topological polar surface area (TPSA) is 63.1 Å². The first kappa shape index (κ1) is 20.0. The highest BCUT2D eigenvalue weighted by Gasteiger charge is 2.39. The number of pyridine rings is 1. The number of aromatic nitrogens is 4. The van der Waals surface area contributed by atoms with Gasteiger partial charge in [-0.25, -0.2) is 0 Å². The number of fused-ring (bicyclic) bond motifs is 2. The molecule has 0 aliphatic carbocycles. The van der Waals surface area contributed by atoms with Crippen molar-refractivity contribution in [3.8, 4) is 22.3 Å². The largest absolute Gasteiger partial charge is 0.435 e. The second-order valence-electron chi connectivity index (χ2n) is 7.70. The molecule has 3 aromatic heterocycles. The summed E-state index contributed by atoms with van der Waals surface area (Å²) < 4.78 is 42.3. The van der Waals surface area contributed by atoms with Crippen molar-refractivity contribution < 1.29 is 13.2 Å². The van der Waals surface area contributed by atoms with Gasteiger partial charge in [0.25, 0.3) is 5.56 Å². The van der Waals surface area contributed by atoms with Crippen molar-refractivity contribution in [3.05, 3.63) is 88.1 Å². The number of hydrogen-bond acceptors (Lipinski definition) is 3. The maximum absolute atomic E-state index is 13.8. The lowest BCUT2D eigenvalue weighted by molar-refractivity contribution is -0.140. The van der Waals surface area contributed by atoms with Gasteiger partial charge in [-0.05, 0) is 37.6 Å². The van der Waals surface area contributed by atoms with Gasteiger partial charge in [-0.1, -0.05) is 42.0 Å². The van der Waals surface area contributed by atoms with Crippen molar-refractivity contribution in [3.63, 3.8) is 0 Å². The van der Waals surface area contributed by atoms with Gasteiger partial charge in [0.15, 0.2) is 5.69 Å². The molecule has 8 heteroatoms. The van der Waals surface area contributed by atoms with Crippen LogP contribution in [0.2, 0.25) is 0 Å². The second-order valence-corrected chi connectivity index (χ2v) is 7.70. The van der Waals surface area contributed by atoms with Gasteiger partial charge in [0.2, 0.25) is 0 Å². The first-order valence-corrected chi connectivity index (χ1v) is 9.89. The van der Waals surface area contributed by atoms with Gasteiger partial charge >= 0.3 is 6.18 Å². The van der Waals surface area contributed by atoms with Crippen molar-refractivity contribution in [1.29, 1.82) is 0 Å². The summed E-state index contributed by atoms with van der Waals surface area (Å²) in [5.74, 6) is 0. The summed E-state index contributed by atoms with van der Waals surface area (Å²) in [4.78, 5) is 20.8. The van der Waals surface area contributed by atoms with Crippen molar-refractivity contribution in [1.82, 2.24) is 19.6 Å². The van der Waals surface area contributed by atoms with Crippen LogP contribution in [0, 0.1) is 13.8 Å². The number of aryl methyl sites for hydroxylation is 2. The summed E-state index contributed by atoms with van der Waals surface area (Å²) in [6.45, 7) is 3.61. The average Bonchev–Trinajstić information content (AvgIpc) is 3.14. The van der Waals surface area contributed by atoms with E-state index in [-0.39, 0.29) is 16.8 Å². The summed E-state index contributed by atoms with van der Waals surface area (Å²) in [7, 11) is 0. The van der Waals surface area contributed by atoms with E-state index in [9.17, 15) is 18.0 Å². The number of benzene rings is 2. The zero-order valence-corrected chi connectivity index (χ0v) is 17.2. The molecule has 0 saturated heterocycles. The number of nitrogens with zero attached hydrogens (tertiary/aromatic N) is 3. The minimum Gasteiger partial charge on any atom is -0.343 e. The molecule has 0 amide bonds. The van der Waals surface area contributed by atoms with Gasteiger partial charge in [-0.15, -0.1) is 0 Å². The van der Waals surface area contributed by atoms with Crippen LogP contribution in [0.5, 0.6) is 0 Å².